The lowest BCUT2D eigenvalue weighted by atomic mass is 10.0. The third-order valence-electron chi connectivity index (χ3n) is 1.50. The van der Waals surface area contributed by atoms with Crippen LogP contribution in [0.2, 0.25) is 0 Å². The first-order chi connectivity index (χ1) is 4.31. The van der Waals surface area contributed by atoms with E-state index in [9.17, 15) is 8.42 Å². The van der Waals surface area contributed by atoms with Crippen molar-refractivity contribution in [2.45, 2.75) is 12.5 Å². The van der Waals surface area contributed by atoms with Crippen molar-refractivity contribution >= 4 is 10.0 Å². The van der Waals surface area contributed by atoms with Gasteiger partial charge < -0.3 is 5.11 Å². The van der Waals surface area contributed by atoms with E-state index in [4.69, 9.17) is 5.11 Å². The van der Waals surface area contributed by atoms with Crippen molar-refractivity contribution < 1.29 is 13.5 Å². The Hall–Kier alpha value is -0.130. The molecule has 1 aliphatic heterocycles. The minimum absolute atomic E-state index is 0.228. The van der Waals surface area contributed by atoms with Gasteiger partial charge in [0.1, 0.15) is 0 Å². The van der Waals surface area contributed by atoms with Crippen LogP contribution in [0.25, 0.3) is 0 Å². The molecule has 0 unspecified atom stereocenters. The summed E-state index contributed by atoms with van der Waals surface area (Å²) in [7, 11) is -3.06. The quantitative estimate of drug-likeness (QED) is 0.543. The van der Waals surface area contributed by atoms with E-state index in [2.05, 4.69) is 0 Å². The number of hydrogen-bond donors (Lipinski definition) is 1. The van der Waals surface area contributed by atoms with E-state index in [0.717, 1.165) is 6.26 Å². The van der Waals surface area contributed by atoms with Gasteiger partial charge in [0.2, 0.25) is 10.0 Å². The molecule has 0 bridgehead atoms. The molecule has 0 radical (unpaired) electrons. The maximum atomic E-state index is 10.7. The smallest absolute Gasteiger partial charge is 0.211 e. The second-order valence-corrected chi connectivity index (χ2v) is 5.01. The van der Waals surface area contributed by atoms with Crippen molar-refractivity contribution in [2.75, 3.05) is 19.3 Å². The van der Waals surface area contributed by atoms with Crippen LogP contribution in [0, 0.1) is 0 Å². The first-order valence-electron chi connectivity index (χ1n) is 2.99. The third kappa shape index (κ3) is 1.47. The Labute approximate surface area is 60.5 Å². The van der Waals surface area contributed by atoms with Gasteiger partial charge in [-0.15, -0.1) is 0 Å². The van der Waals surface area contributed by atoms with Crippen molar-refractivity contribution in [3.63, 3.8) is 0 Å². The Morgan fingerprint density at radius 3 is 2.00 bits per heavy atom. The average molecular weight is 165 g/mol. The van der Waals surface area contributed by atoms with Crippen LogP contribution in [-0.4, -0.2) is 42.8 Å². The average Bonchev–Trinajstić information content (AvgIpc) is 1.56. The number of nitrogens with zero attached hydrogens (tertiary/aromatic N) is 1. The highest BCUT2D eigenvalue weighted by Gasteiger charge is 2.41. The van der Waals surface area contributed by atoms with Crippen molar-refractivity contribution in [2.24, 2.45) is 0 Å². The van der Waals surface area contributed by atoms with Crippen molar-refractivity contribution in [3.05, 3.63) is 0 Å². The summed E-state index contributed by atoms with van der Waals surface area (Å²) in [5.41, 5.74) is -0.803. The minimum Gasteiger partial charge on any atom is -0.387 e. The summed E-state index contributed by atoms with van der Waals surface area (Å²) in [6.07, 6.45) is 1.14. The molecule has 1 aliphatic rings. The van der Waals surface area contributed by atoms with E-state index < -0.39 is 15.6 Å². The molecule has 0 spiro atoms. The van der Waals surface area contributed by atoms with Gasteiger partial charge in [-0.05, 0) is 6.92 Å². The van der Waals surface area contributed by atoms with Gasteiger partial charge in [-0.25, -0.2) is 8.42 Å². The van der Waals surface area contributed by atoms with E-state index in [-0.39, 0.29) is 13.1 Å². The van der Waals surface area contributed by atoms with E-state index in [1.54, 1.807) is 6.92 Å². The molecule has 5 heteroatoms. The van der Waals surface area contributed by atoms with Crippen LogP contribution in [-0.2, 0) is 10.0 Å². The van der Waals surface area contributed by atoms with Gasteiger partial charge in [0.05, 0.1) is 11.9 Å². The van der Waals surface area contributed by atoms with Gasteiger partial charge in [-0.1, -0.05) is 0 Å². The lowest BCUT2D eigenvalue weighted by Crippen LogP contribution is -2.61. The van der Waals surface area contributed by atoms with Crippen LogP contribution < -0.4 is 0 Å². The highest BCUT2D eigenvalue weighted by atomic mass is 32.2. The second kappa shape index (κ2) is 1.93. The maximum Gasteiger partial charge on any atom is 0.211 e. The monoisotopic (exact) mass is 165 g/mol. The number of sulfonamides is 1. The first kappa shape index (κ1) is 7.97. The minimum atomic E-state index is -3.06. The fourth-order valence-electron chi connectivity index (χ4n) is 0.948. The topological polar surface area (TPSA) is 57.6 Å². The molecule has 0 aromatic heterocycles. The molecule has 0 aliphatic carbocycles. The van der Waals surface area contributed by atoms with Gasteiger partial charge in [0, 0.05) is 13.1 Å². The third-order valence-corrected chi connectivity index (χ3v) is 2.70. The molecule has 1 saturated heterocycles. The van der Waals surface area contributed by atoms with E-state index in [1.807, 2.05) is 0 Å². The lowest BCUT2D eigenvalue weighted by molar-refractivity contribution is -0.0423. The second-order valence-electron chi connectivity index (χ2n) is 3.03. The molecular formula is C5H11NO3S. The van der Waals surface area contributed by atoms with E-state index >= 15 is 0 Å². The molecule has 0 amide bonds. The molecule has 60 valence electrons. The lowest BCUT2D eigenvalue weighted by Gasteiger charge is -2.42. The van der Waals surface area contributed by atoms with Gasteiger partial charge in [0.15, 0.2) is 0 Å². The number of aliphatic hydroxyl groups is 1. The van der Waals surface area contributed by atoms with Gasteiger partial charge in [-0.3, -0.25) is 0 Å². The normalized spacial score (nSPS) is 25.9. The van der Waals surface area contributed by atoms with Crippen LogP contribution in [0.3, 0.4) is 0 Å². The molecule has 10 heavy (non-hydrogen) atoms. The van der Waals surface area contributed by atoms with Gasteiger partial charge in [-0.2, -0.15) is 4.31 Å². The zero-order valence-corrected chi connectivity index (χ0v) is 6.85. The van der Waals surface area contributed by atoms with Crippen LogP contribution >= 0.6 is 0 Å². The predicted molar refractivity (Wildman–Crippen MR) is 37.0 cm³/mol. The summed E-state index contributed by atoms with van der Waals surface area (Å²) in [5, 5.41) is 9.14. The van der Waals surface area contributed by atoms with Crippen LogP contribution in [0.4, 0.5) is 0 Å². The zero-order chi connectivity index (χ0) is 7.99. The van der Waals surface area contributed by atoms with Crippen LogP contribution in [0.5, 0.6) is 0 Å². The van der Waals surface area contributed by atoms with Crippen LogP contribution in [0.15, 0.2) is 0 Å². The van der Waals surface area contributed by atoms with Crippen molar-refractivity contribution in [3.8, 4) is 0 Å². The van der Waals surface area contributed by atoms with Gasteiger partial charge >= 0.3 is 0 Å². The van der Waals surface area contributed by atoms with Crippen molar-refractivity contribution in [1.82, 2.24) is 4.31 Å². The fourth-order valence-corrected chi connectivity index (χ4v) is 1.97. The summed E-state index contributed by atoms with van der Waals surface area (Å²) in [5.74, 6) is 0. The standard InChI is InChI=1S/C5H11NO3S/c1-5(7)3-6(4-5)10(2,8)9/h7H,3-4H2,1-2H3. The number of β-amino-alcohol motifs (C(OH)–C–C–N with tert-alkyl or cyclic N) is 1. The summed E-state index contributed by atoms with van der Waals surface area (Å²) in [4.78, 5) is 0. The Balaban J connectivity index is 2.57. The molecular weight excluding hydrogens is 154 g/mol. The summed E-state index contributed by atoms with van der Waals surface area (Å²) < 4.78 is 22.7. The molecule has 1 fully saturated rings. The Kier molecular flexibility index (Phi) is 1.54. The zero-order valence-electron chi connectivity index (χ0n) is 6.03. The molecule has 0 aromatic carbocycles. The molecule has 0 atom stereocenters. The fraction of sp³-hybridized carbons (Fsp3) is 1.00. The Morgan fingerprint density at radius 2 is 1.90 bits per heavy atom. The molecule has 4 nitrogen and oxygen atoms in total. The Bertz CT molecular complexity index is 223. The molecule has 1 rings (SSSR count). The van der Waals surface area contributed by atoms with E-state index in [0.29, 0.717) is 0 Å². The molecule has 0 aromatic rings. The molecule has 1 N–H and O–H groups in total. The predicted octanol–water partition coefficient (Wildman–Crippen LogP) is -0.987. The summed E-state index contributed by atoms with van der Waals surface area (Å²) in [6, 6.07) is 0. The highest BCUT2D eigenvalue weighted by Crippen LogP contribution is 2.21. The SMILES string of the molecule is CC1(O)CN(S(C)(=O)=O)C1. The maximum absolute atomic E-state index is 10.7. The summed E-state index contributed by atoms with van der Waals surface area (Å²) >= 11 is 0. The first-order valence-corrected chi connectivity index (χ1v) is 4.84. The highest BCUT2D eigenvalue weighted by molar-refractivity contribution is 7.88. The van der Waals surface area contributed by atoms with E-state index in [1.165, 1.54) is 4.31 Å². The van der Waals surface area contributed by atoms with Gasteiger partial charge in [0.25, 0.3) is 0 Å². The Morgan fingerprint density at radius 1 is 1.50 bits per heavy atom. The molecule has 0 saturated carbocycles. The molecule has 1 heterocycles. The van der Waals surface area contributed by atoms with Crippen LogP contribution in [0.1, 0.15) is 6.92 Å². The van der Waals surface area contributed by atoms with Crippen molar-refractivity contribution in [1.29, 1.82) is 0 Å². The largest absolute Gasteiger partial charge is 0.387 e. The summed E-state index contributed by atoms with van der Waals surface area (Å²) in [6.45, 7) is 2.08. The number of rotatable bonds is 1. The number of hydrogen-bond acceptors (Lipinski definition) is 3.